The van der Waals surface area contributed by atoms with E-state index in [4.69, 9.17) is 4.74 Å². The zero-order valence-electron chi connectivity index (χ0n) is 10.9. The zero-order chi connectivity index (χ0) is 12.4. The van der Waals surface area contributed by atoms with Crippen molar-refractivity contribution >= 4 is 15.9 Å². The zero-order valence-corrected chi connectivity index (χ0v) is 12.5. The quantitative estimate of drug-likeness (QED) is 0.715. The van der Waals surface area contributed by atoms with Gasteiger partial charge in [-0.2, -0.15) is 0 Å². The first-order valence-corrected chi connectivity index (χ1v) is 7.32. The van der Waals surface area contributed by atoms with Gasteiger partial charge in [0.2, 0.25) is 0 Å². The Hall–Kier alpha value is -0.500. The molecular formula is C15H21BrO. The number of rotatable bonds is 4. The van der Waals surface area contributed by atoms with Gasteiger partial charge >= 0.3 is 0 Å². The lowest BCUT2D eigenvalue weighted by molar-refractivity contribution is 0.295. The van der Waals surface area contributed by atoms with Crippen molar-refractivity contribution in [3.63, 3.8) is 0 Å². The van der Waals surface area contributed by atoms with Gasteiger partial charge in [0.1, 0.15) is 5.75 Å². The number of benzene rings is 1. The van der Waals surface area contributed by atoms with Crippen LogP contribution in [0.5, 0.6) is 5.75 Å². The van der Waals surface area contributed by atoms with Gasteiger partial charge in [-0.3, -0.25) is 0 Å². The van der Waals surface area contributed by atoms with Crippen LogP contribution in [0.1, 0.15) is 47.2 Å². The van der Waals surface area contributed by atoms with Crippen LogP contribution in [0.4, 0.5) is 0 Å². The summed E-state index contributed by atoms with van der Waals surface area (Å²) in [4.78, 5) is 0.496. The molecule has 0 bridgehead atoms. The SMILES string of the molecule is COc1c(C)cc(C(Br)CC2CCC2)cc1C. The Labute approximate surface area is 113 Å². The topological polar surface area (TPSA) is 9.23 Å². The van der Waals surface area contributed by atoms with Gasteiger partial charge in [-0.25, -0.2) is 0 Å². The minimum atomic E-state index is 0.496. The van der Waals surface area contributed by atoms with Crippen LogP contribution in [0, 0.1) is 19.8 Å². The highest BCUT2D eigenvalue weighted by Crippen LogP contribution is 2.40. The number of halogens is 1. The van der Waals surface area contributed by atoms with Crippen LogP contribution in [0.2, 0.25) is 0 Å². The highest BCUT2D eigenvalue weighted by Gasteiger charge is 2.22. The molecule has 1 fully saturated rings. The first-order valence-electron chi connectivity index (χ1n) is 6.41. The summed E-state index contributed by atoms with van der Waals surface area (Å²) in [6, 6.07) is 4.51. The lowest BCUT2D eigenvalue weighted by Gasteiger charge is -2.28. The minimum Gasteiger partial charge on any atom is -0.496 e. The maximum atomic E-state index is 5.41. The Balaban J connectivity index is 2.14. The van der Waals surface area contributed by atoms with E-state index in [2.05, 4.69) is 41.9 Å². The Kier molecular flexibility index (Phi) is 4.13. The summed E-state index contributed by atoms with van der Waals surface area (Å²) < 4.78 is 5.41. The van der Waals surface area contributed by atoms with Crippen LogP contribution < -0.4 is 4.74 Å². The summed E-state index contributed by atoms with van der Waals surface area (Å²) in [5, 5.41) is 0. The van der Waals surface area contributed by atoms with E-state index in [1.165, 1.54) is 42.4 Å². The summed E-state index contributed by atoms with van der Waals surface area (Å²) in [5.74, 6) is 1.96. The number of hydrogen-bond acceptors (Lipinski definition) is 1. The summed E-state index contributed by atoms with van der Waals surface area (Å²) >= 11 is 3.84. The molecule has 0 aromatic heterocycles. The first kappa shape index (κ1) is 12.9. The Morgan fingerprint density at radius 2 is 1.88 bits per heavy atom. The van der Waals surface area contributed by atoms with Crippen molar-refractivity contribution in [2.24, 2.45) is 5.92 Å². The fourth-order valence-electron chi connectivity index (χ4n) is 2.64. The molecule has 0 spiro atoms. The van der Waals surface area contributed by atoms with Crippen LogP contribution in [-0.4, -0.2) is 7.11 Å². The highest BCUT2D eigenvalue weighted by atomic mass is 79.9. The molecule has 0 heterocycles. The molecule has 2 rings (SSSR count). The smallest absolute Gasteiger partial charge is 0.124 e. The summed E-state index contributed by atoms with van der Waals surface area (Å²) in [5.41, 5.74) is 3.87. The van der Waals surface area contributed by atoms with Crippen LogP contribution in [0.3, 0.4) is 0 Å². The molecule has 1 aliphatic rings. The number of alkyl halides is 1. The van der Waals surface area contributed by atoms with E-state index >= 15 is 0 Å². The van der Waals surface area contributed by atoms with Crippen LogP contribution in [-0.2, 0) is 0 Å². The van der Waals surface area contributed by atoms with Crippen molar-refractivity contribution in [3.8, 4) is 5.75 Å². The molecule has 1 unspecified atom stereocenters. The van der Waals surface area contributed by atoms with Crippen LogP contribution >= 0.6 is 15.9 Å². The van der Waals surface area contributed by atoms with Gasteiger partial charge < -0.3 is 4.74 Å². The average Bonchev–Trinajstić information content (AvgIpc) is 2.22. The maximum absolute atomic E-state index is 5.41. The Morgan fingerprint density at radius 1 is 1.29 bits per heavy atom. The number of methoxy groups -OCH3 is 1. The van der Waals surface area contributed by atoms with E-state index in [1.807, 2.05) is 0 Å². The van der Waals surface area contributed by atoms with Gasteiger partial charge in [0, 0.05) is 4.83 Å². The monoisotopic (exact) mass is 296 g/mol. The lowest BCUT2D eigenvalue weighted by Crippen LogP contribution is -2.13. The fraction of sp³-hybridized carbons (Fsp3) is 0.600. The number of ether oxygens (including phenoxy) is 1. The molecule has 0 N–H and O–H groups in total. The molecule has 1 atom stereocenters. The van der Waals surface area contributed by atoms with Crippen molar-refractivity contribution in [2.45, 2.75) is 44.4 Å². The second-order valence-corrected chi connectivity index (χ2v) is 6.29. The number of hydrogen-bond donors (Lipinski definition) is 0. The van der Waals surface area contributed by atoms with Crippen LogP contribution in [0.25, 0.3) is 0 Å². The largest absolute Gasteiger partial charge is 0.496 e. The predicted octanol–water partition coefficient (Wildman–Crippen LogP) is 4.94. The molecule has 2 heteroatoms. The highest BCUT2D eigenvalue weighted by molar-refractivity contribution is 9.09. The third-order valence-electron chi connectivity index (χ3n) is 3.81. The molecule has 0 amide bonds. The predicted molar refractivity (Wildman–Crippen MR) is 76.1 cm³/mol. The number of aryl methyl sites for hydroxylation is 2. The molecule has 1 nitrogen and oxygen atoms in total. The standard InChI is InChI=1S/C15H21BrO/c1-10-7-13(8-11(2)15(10)17-3)14(16)9-12-5-4-6-12/h7-8,12,14H,4-6,9H2,1-3H3. The van der Waals surface area contributed by atoms with Gasteiger partial charge in [0.25, 0.3) is 0 Å². The van der Waals surface area contributed by atoms with Gasteiger partial charge in [-0.05, 0) is 42.9 Å². The summed E-state index contributed by atoms with van der Waals surface area (Å²) in [6.07, 6.45) is 5.52. The molecule has 0 aliphatic heterocycles. The third kappa shape index (κ3) is 2.85. The van der Waals surface area contributed by atoms with Crippen molar-refractivity contribution < 1.29 is 4.74 Å². The van der Waals surface area contributed by atoms with Crippen molar-refractivity contribution in [2.75, 3.05) is 7.11 Å². The maximum Gasteiger partial charge on any atom is 0.124 e. The van der Waals surface area contributed by atoms with Gasteiger partial charge in [-0.1, -0.05) is 47.3 Å². The Morgan fingerprint density at radius 3 is 2.29 bits per heavy atom. The van der Waals surface area contributed by atoms with Gasteiger partial charge in [0.05, 0.1) is 7.11 Å². The van der Waals surface area contributed by atoms with Crippen LogP contribution in [0.15, 0.2) is 12.1 Å². The van der Waals surface area contributed by atoms with Crippen molar-refractivity contribution in [1.29, 1.82) is 0 Å². The second-order valence-electron chi connectivity index (χ2n) is 5.19. The minimum absolute atomic E-state index is 0.496. The Bertz CT molecular complexity index is 373. The molecule has 94 valence electrons. The lowest BCUT2D eigenvalue weighted by atomic mass is 9.81. The molecule has 1 aliphatic carbocycles. The van der Waals surface area contributed by atoms with E-state index < -0.39 is 0 Å². The first-order chi connectivity index (χ1) is 8.11. The van der Waals surface area contributed by atoms with Gasteiger partial charge in [0.15, 0.2) is 0 Å². The molecule has 0 saturated heterocycles. The van der Waals surface area contributed by atoms with E-state index in [9.17, 15) is 0 Å². The fourth-order valence-corrected chi connectivity index (χ4v) is 3.44. The summed E-state index contributed by atoms with van der Waals surface area (Å²) in [6.45, 7) is 4.25. The molecule has 17 heavy (non-hydrogen) atoms. The van der Waals surface area contributed by atoms with Crippen molar-refractivity contribution in [3.05, 3.63) is 28.8 Å². The normalized spacial score (nSPS) is 17.6. The van der Waals surface area contributed by atoms with Crippen molar-refractivity contribution in [1.82, 2.24) is 0 Å². The van der Waals surface area contributed by atoms with E-state index in [1.54, 1.807) is 7.11 Å². The van der Waals surface area contributed by atoms with E-state index in [0.29, 0.717) is 4.83 Å². The molecule has 1 saturated carbocycles. The molecule has 1 aromatic carbocycles. The van der Waals surface area contributed by atoms with Gasteiger partial charge in [-0.15, -0.1) is 0 Å². The summed E-state index contributed by atoms with van der Waals surface area (Å²) in [7, 11) is 1.75. The van der Waals surface area contributed by atoms with E-state index in [-0.39, 0.29) is 0 Å². The average molecular weight is 297 g/mol. The molecular weight excluding hydrogens is 276 g/mol. The third-order valence-corrected chi connectivity index (χ3v) is 4.72. The molecule has 1 aromatic rings. The molecule has 0 radical (unpaired) electrons. The second kappa shape index (κ2) is 5.43. The van der Waals surface area contributed by atoms with E-state index in [0.717, 1.165) is 11.7 Å².